The van der Waals surface area contributed by atoms with Crippen LogP contribution in [0.3, 0.4) is 0 Å². The number of halogens is 1. The first-order chi connectivity index (χ1) is 15.5. The lowest BCUT2D eigenvalue weighted by atomic mass is 9.93. The molecule has 6 nitrogen and oxygen atoms in total. The van der Waals surface area contributed by atoms with Gasteiger partial charge >= 0.3 is 5.97 Å². The van der Waals surface area contributed by atoms with Gasteiger partial charge in [0.2, 0.25) is 5.91 Å². The second-order valence-corrected chi connectivity index (χ2v) is 9.05. The normalized spacial score (nSPS) is 21.1. The van der Waals surface area contributed by atoms with Crippen LogP contribution in [0.1, 0.15) is 64.0 Å². The fraction of sp³-hybridized carbons (Fsp3) is 0.458. The first-order valence-corrected chi connectivity index (χ1v) is 12.0. The Hall–Kier alpha value is -2.61. The molecule has 2 aliphatic heterocycles. The van der Waals surface area contributed by atoms with Crippen LogP contribution in [0.2, 0.25) is 0 Å². The molecule has 1 atom stereocenters. The summed E-state index contributed by atoms with van der Waals surface area (Å²) in [6.45, 7) is 3.67. The predicted octanol–water partition coefficient (Wildman–Crippen LogP) is 4.80. The van der Waals surface area contributed by atoms with Crippen LogP contribution in [-0.4, -0.2) is 34.6 Å². The van der Waals surface area contributed by atoms with Crippen molar-refractivity contribution in [3.8, 4) is 0 Å². The smallest absolute Gasteiger partial charge is 0.338 e. The van der Waals surface area contributed by atoms with Gasteiger partial charge in [-0.25, -0.2) is 14.2 Å². The van der Waals surface area contributed by atoms with Crippen molar-refractivity contribution >= 4 is 28.8 Å². The van der Waals surface area contributed by atoms with Crippen LogP contribution in [0.25, 0.3) is 0 Å². The monoisotopic (exact) mass is 457 g/mol. The van der Waals surface area contributed by atoms with E-state index in [2.05, 4.69) is 10.3 Å². The SMILES string of the molecule is CCOC(=O)C1=C(C)N=C2SC=C(CC(=O)NC3CCCCC3)N2[C@@H]1c1ccccc1F. The van der Waals surface area contributed by atoms with Crippen LogP contribution in [0.15, 0.2) is 51.6 Å². The molecule has 0 saturated heterocycles. The Morgan fingerprint density at radius 2 is 2.00 bits per heavy atom. The van der Waals surface area contributed by atoms with E-state index >= 15 is 0 Å². The van der Waals surface area contributed by atoms with Gasteiger partial charge in [-0.2, -0.15) is 0 Å². The Bertz CT molecular complexity index is 998. The molecular formula is C24H28FN3O3S. The van der Waals surface area contributed by atoms with E-state index in [0.29, 0.717) is 27.7 Å². The quantitative estimate of drug-likeness (QED) is 0.621. The van der Waals surface area contributed by atoms with E-state index in [1.807, 2.05) is 10.3 Å². The molecule has 0 spiro atoms. The Balaban J connectivity index is 1.64. The minimum Gasteiger partial charge on any atom is -0.463 e. The number of nitrogens with zero attached hydrogens (tertiary/aromatic N) is 2. The maximum Gasteiger partial charge on any atom is 0.338 e. The van der Waals surface area contributed by atoms with Gasteiger partial charge in [0, 0.05) is 17.3 Å². The van der Waals surface area contributed by atoms with Gasteiger partial charge in [-0.3, -0.25) is 4.79 Å². The second kappa shape index (κ2) is 9.90. The summed E-state index contributed by atoms with van der Waals surface area (Å²) >= 11 is 1.38. The number of carbonyl (C=O) groups excluding carboxylic acids is 2. The number of carbonyl (C=O) groups is 2. The number of fused-ring (bicyclic) bond motifs is 1. The van der Waals surface area contributed by atoms with E-state index in [1.165, 1.54) is 24.2 Å². The second-order valence-electron chi connectivity index (χ2n) is 8.21. The molecule has 1 aromatic rings. The van der Waals surface area contributed by atoms with Crippen LogP contribution < -0.4 is 5.32 Å². The number of ether oxygens (including phenoxy) is 1. The Kier molecular flexibility index (Phi) is 6.98. The molecule has 1 saturated carbocycles. The topological polar surface area (TPSA) is 71.0 Å². The van der Waals surface area contributed by atoms with Crippen molar-refractivity contribution in [1.29, 1.82) is 0 Å². The molecule has 170 valence electrons. The van der Waals surface area contributed by atoms with E-state index in [9.17, 15) is 14.0 Å². The van der Waals surface area contributed by atoms with Crippen molar-refractivity contribution in [2.45, 2.75) is 64.5 Å². The Morgan fingerprint density at radius 1 is 1.25 bits per heavy atom. The maximum absolute atomic E-state index is 14.9. The Labute approximate surface area is 192 Å². The molecule has 1 amide bonds. The van der Waals surface area contributed by atoms with E-state index in [-0.39, 0.29) is 25.0 Å². The molecular weight excluding hydrogens is 429 g/mol. The predicted molar refractivity (Wildman–Crippen MR) is 123 cm³/mol. The number of hydrogen-bond acceptors (Lipinski definition) is 6. The molecule has 0 unspecified atom stereocenters. The Morgan fingerprint density at radius 3 is 2.72 bits per heavy atom. The molecule has 2 heterocycles. The molecule has 0 bridgehead atoms. The number of amidine groups is 1. The van der Waals surface area contributed by atoms with Gasteiger partial charge in [0.15, 0.2) is 5.17 Å². The van der Waals surface area contributed by atoms with E-state index in [0.717, 1.165) is 25.7 Å². The molecule has 0 aromatic heterocycles. The van der Waals surface area contributed by atoms with E-state index in [4.69, 9.17) is 4.74 Å². The summed E-state index contributed by atoms with van der Waals surface area (Å²) < 4.78 is 20.2. The van der Waals surface area contributed by atoms with Crippen molar-refractivity contribution in [1.82, 2.24) is 10.2 Å². The highest BCUT2D eigenvalue weighted by atomic mass is 32.2. The zero-order valence-electron chi connectivity index (χ0n) is 18.4. The maximum atomic E-state index is 14.9. The number of esters is 1. The number of aliphatic imine (C=N–C) groups is 1. The lowest BCUT2D eigenvalue weighted by Crippen LogP contribution is -2.40. The highest BCUT2D eigenvalue weighted by molar-refractivity contribution is 8.16. The molecule has 1 aliphatic carbocycles. The van der Waals surface area contributed by atoms with Crippen LogP contribution >= 0.6 is 11.8 Å². The average Bonchev–Trinajstić information content (AvgIpc) is 3.16. The minimum absolute atomic E-state index is 0.0683. The molecule has 4 rings (SSSR count). The van der Waals surface area contributed by atoms with E-state index < -0.39 is 17.8 Å². The number of amides is 1. The summed E-state index contributed by atoms with van der Waals surface area (Å²) in [6, 6.07) is 5.86. The molecule has 0 radical (unpaired) electrons. The average molecular weight is 458 g/mol. The summed E-state index contributed by atoms with van der Waals surface area (Å²) in [5, 5.41) is 5.64. The van der Waals surface area contributed by atoms with Gasteiger partial charge in [0.1, 0.15) is 5.82 Å². The molecule has 3 aliphatic rings. The van der Waals surface area contributed by atoms with Crippen molar-refractivity contribution in [2.24, 2.45) is 4.99 Å². The molecule has 8 heteroatoms. The van der Waals surface area contributed by atoms with Crippen LogP contribution in [0.4, 0.5) is 4.39 Å². The van der Waals surface area contributed by atoms with Gasteiger partial charge in [0.05, 0.1) is 30.3 Å². The van der Waals surface area contributed by atoms with Gasteiger partial charge in [-0.05, 0) is 38.2 Å². The van der Waals surface area contributed by atoms with Crippen molar-refractivity contribution in [2.75, 3.05) is 6.61 Å². The highest BCUT2D eigenvalue weighted by Gasteiger charge is 2.42. The largest absolute Gasteiger partial charge is 0.463 e. The van der Waals surface area contributed by atoms with Crippen LogP contribution in [-0.2, 0) is 14.3 Å². The molecule has 32 heavy (non-hydrogen) atoms. The third-order valence-corrected chi connectivity index (χ3v) is 6.90. The lowest BCUT2D eigenvalue weighted by molar-refractivity contribution is -0.139. The molecule has 1 fully saturated rings. The summed E-state index contributed by atoms with van der Waals surface area (Å²) in [6.07, 6.45) is 5.63. The fourth-order valence-electron chi connectivity index (χ4n) is 4.52. The molecule has 1 N–H and O–H groups in total. The third-order valence-electron chi connectivity index (χ3n) is 6.01. The van der Waals surface area contributed by atoms with Crippen molar-refractivity contribution < 1.29 is 18.7 Å². The van der Waals surface area contributed by atoms with Crippen LogP contribution in [0, 0.1) is 5.82 Å². The van der Waals surface area contributed by atoms with E-state index in [1.54, 1.807) is 32.0 Å². The fourth-order valence-corrected chi connectivity index (χ4v) is 5.49. The van der Waals surface area contributed by atoms with Crippen molar-refractivity contribution in [3.63, 3.8) is 0 Å². The molecule has 1 aromatic carbocycles. The van der Waals surface area contributed by atoms with Gasteiger partial charge in [0.25, 0.3) is 0 Å². The first-order valence-electron chi connectivity index (χ1n) is 11.1. The lowest BCUT2D eigenvalue weighted by Gasteiger charge is -2.36. The van der Waals surface area contributed by atoms with Gasteiger partial charge in [-0.15, -0.1) is 0 Å². The number of hydrogen-bond donors (Lipinski definition) is 1. The summed E-state index contributed by atoms with van der Waals surface area (Å²) in [4.78, 5) is 32.1. The zero-order chi connectivity index (χ0) is 22.7. The van der Waals surface area contributed by atoms with Crippen LogP contribution in [0.5, 0.6) is 0 Å². The summed E-state index contributed by atoms with van der Waals surface area (Å²) in [5.41, 5.74) is 1.84. The standard InChI is InChI=1S/C24H28FN3O3S/c1-3-31-23(30)21-15(2)26-24-28(22(21)18-11-7-8-12-19(18)25)17(14-32-24)13-20(29)27-16-9-5-4-6-10-16/h7-8,11-12,14,16,22H,3-6,9-10,13H2,1-2H3,(H,27,29)/t22-/m1/s1. The summed E-state index contributed by atoms with van der Waals surface area (Å²) in [7, 11) is 0. The van der Waals surface area contributed by atoms with Gasteiger partial charge < -0.3 is 15.0 Å². The first kappa shape index (κ1) is 22.6. The number of benzene rings is 1. The zero-order valence-corrected chi connectivity index (χ0v) is 19.2. The summed E-state index contributed by atoms with van der Waals surface area (Å²) in [5.74, 6) is -1.01. The third kappa shape index (κ3) is 4.60. The minimum atomic E-state index is -0.744. The number of nitrogens with one attached hydrogen (secondary N) is 1. The number of thioether (sulfide) groups is 1. The highest BCUT2D eigenvalue weighted by Crippen LogP contribution is 2.45. The van der Waals surface area contributed by atoms with Crippen molar-refractivity contribution in [3.05, 3.63) is 58.0 Å². The number of rotatable bonds is 6. The number of allylic oxidation sites excluding steroid dienone is 1. The van der Waals surface area contributed by atoms with Gasteiger partial charge in [-0.1, -0.05) is 49.2 Å².